The molecule has 0 saturated carbocycles. The van der Waals surface area contributed by atoms with Gasteiger partial charge in [0, 0.05) is 11.6 Å². The first-order valence-electron chi connectivity index (χ1n) is 4.82. The van der Waals surface area contributed by atoms with Gasteiger partial charge < -0.3 is 24.0 Å². The van der Waals surface area contributed by atoms with Gasteiger partial charge in [0.2, 0.25) is 0 Å². The second-order valence-corrected chi connectivity index (χ2v) is 3.45. The zero-order valence-corrected chi connectivity index (χ0v) is 11.1. The summed E-state index contributed by atoms with van der Waals surface area (Å²) in [6.07, 6.45) is 3.73. The first-order valence-corrected chi connectivity index (χ1v) is 4.82. The highest BCUT2D eigenvalue weighted by Crippen LogP contribution is 2.06. The van der Waals surface area contributed by atoms with Crippen molar-refractivity contribution in [1.29, 1.82) is 0 Å². The molecule has 0 saturated heterocycles. The van der Waals surface area contributed by atoms with Crippen LogP contribution >= 0.6 is 0 Å². The number of hydrogen-bond acceptors (Lipinski definition) is 1. The normalized spacial score (nSPS) is 9.31. The average Bonchev–Trinajstić information content (AvgIpc) is 2.29. The van der Waals surface area contributed by atoms with E-state index < -0.39 is 0 Å². The third kappa shape index (κ3) is 2.88. The number of halogens is 1. The highest BCUT2D eigenvalue weighted by Gasteiger charge is 2.10. The number of carbonyl (C=O) groups excluding carboxylic acids is 1. The lowest BCUT2D eigenvalue weighted by atomic mass is 10.1. The number of nitrogens with zero attached hydrogens (tertiary/aromatic N) is 1. The number of carbonyl (C=O) groups is 1. The molecule has 0 atom stereocenters. The molecule has 1 aromatic carbocycles. The van der Waals surface area contributed by atoms with E-state index in [9.17, 15) is 4.79 Å². The van der Waals surface area contributed by atoms with E-state index in [0.717, 1.165) is 5.56 Å². The molecule has 2 rings (SSSR count). The van der Waals surface area contributed by atoms with E-state index in [2.05, 4.69) is 0 Å². The fraction of sp³-hybridized carbons (Fsp3) is 0.0769. The van der Waals surface area contributed by atoms with Crippen molar-refractivity contribution >= 4 is 5.78 Å². The van der Waals surface area contributed by atoms with Gasteiger partial charge in [0.1, 0.15) is 7.05 Å². The van der Waals surface area contributed by atoms with E-state index in [0.29, 0.717) is 5.56 Å². The lowest BCUT2D eigenvalue weighted by molar-refractivity contribution is -0.671. The van der Waals surface area contributed by atoms with Crippen LogP contribution in [-0.4, -0.2) is 5.78 Å². The Morgan fingerprint density at radius 3 is 2.25 bits per heavy atom. The van der Waals surface area contributed by atoms with Gasteiger partial charge in [0.25, 0.3) is 0 Å². The summed E-state index contributed by atoms with van der Waals surface area (Å²) in [5.41, 5.74) is 1.44. The summed E-state index contributed by atoms with van der Waals surface area (Å²) < 4.78 is 1.87. The molecule has 0 aliphatic rings. The van der Waals surface area contributed by atoms with Crippen LogP contribution in [0.3, 0.4) is 0 Å². The van der Waals surface area contributed by atoms with Gasteiger partial charge in [-0.05, 0) is 6.07 Å². The van der Waals surface area contributed by atoms with Crippen LogP contribution in [0.1, 0.15) is 15.9 Å². The molecule has 0 bridgehead atoms. The van der Waals surface area contributed by atoms with Crippen LogP contribution in [0.15, 0.2) is 54.9 Å². The van der Waals surface area contributed by atoms with Crippen LogP contribution in [-0.2, 0) is 7.05 Å². The fourth-order valence-corrected chi connectivity index (χ4v) is 1.48. The Balaban J connectivity index is 0.00000128. The Bertz CT molecular complexity index is 482. The van der Waals surface area contributed by atoms with Crippen molar-refractivity contribution < 1.29 is 33.3 Å². The van der Waals surface area contributed by atoms with Crippen LogP contribution in [0.4, 0.5) is 0 Å². The molecule has 1 heterocycles. The number of pyridine rings is 1. The molecule has 0 unspecified atom stereocenters. The van der Waals surface area contributed by atoms with Crippen LogP contribution in [0.5, 0.6) is 0 Å². The maximum Gasteiger partial charge on any atom is 0.199 e. The Kier molecular flexibility index (Phi) is 4.61. The third-order valence-electron chi connectivity index (χ3n) is 2.24. The van der Waals surface area contributed by atoms with Crippen molar-refractivity contribution in [3.05, 3.63) is 66.0 Å². The molecule has 0 aliphatic heterocycles. The van der Waals surface area contributed by atoms with E-state index in [1.807, 2.05) is 66.5 Å². The molecule has 0 radical (unpaired) electrons. The summed E-state index contributed by atoms with van der Waals surface area (Å²) in [5, 5.41) is 0. The molecule has 1 aromatic heterocycles. The highest BCUT2D eigenvalue weighted by molar-refractivity contribution is 6.08. The van der Waals surface area contributed by atoms with Gasteiger partial charge in [0.15, 0.2) is 18.2 Å². The van der Waals surface area contributed by atoms with Crippen LogP contribution < -0.4 is 28.5 Å². The van der Waals surface area contributed by atoms with Gasteiger partial charge >= 0.3 is 0 Å². The maximum atomic E-state index is 12.0. The van der Waals surface area contributed by atoms with Crippen molar-refractivity contribution in [1.82, 2.24) is 0 Å². The lowest BCUT2D eigenvalue weighted by Gasteiger charge is -1.98. The molecule has 2 nitrogen and oxygen atoms in total. The van der Waals surface area contributed by atoms with Crippen molar-refractivity contribution in [2.24, 2.45) is 7.05 Å². The molecular formula is C13H12INO. The Morgan fingerprint density at radius 2 is 1.62 bits per heavy atom. The molecule has 0 N–H and O–H groups in total. The largest absolute Gasteiger partial charge is 1.00 e. The zero-order valence-electron chi connectivity index (χ0n) is 8.93. The van der Waals surface area contributed by atoms with Crippen LogP contribution in [0.2, 0.25) is 0 Å². The van der Waals surface area contributed by atoms with Crippen molar-refractivity contribution in [3.63, 3.8) is 0 Å². The minimum atomic E-state index is 0. The van der Waals surface area contributed by atoms with E-state index >= 15 is 0 Å². The monoisotopic (exact) mass is 325 g/mol. The number of aryl methyl sites for hydroxylation is 1. The quantitative estimate of drug-likeness (QED) is 0.384. The van der Waals surface area contributed by atoms with E-state index in [4.69, 9.17) is 0 Å². The number of benzene rings is 1. The summed E-state index contributed by atoms with van der Waals surface area (Å²) in [4.78, 5) is 12.0. The molecule has 16 heavy (non-hydrogen) atoms. The van der Waals surface area contributed by atoms with Crippen molar-refractivity contribution in [2.75, 3.05) is 0 Å². The molecule has 0 spiro atoms. The maximum absolute atomic E-state index is 12.0. The molecular weight excluding hydrogens is 313 g/mol. The van der Waals surface area contributed by atoms with E-state index in [-0.39, 0.29) is 29.8 Å². The van der Waals surface area contributed by atoms with Gasteiger partial charge in [-0.3, -0.25) is 4.79 Å². The number of aromatic nitrogens is 1. The molecule has 2 aromatic rings. The van der Waals surface area contributed by atoms with Crippen LogP contribution in [0, 0.1) is 0 Å². The first-order chi connectivity index (χ1) is 7.27. The smallest absolute Gasteiger partial charge is 0.199 e. The second-order valence-electron chi connectivity index (χ2n) is 3.45. The minimum absolute atomic E-state index is 0. The van der Waals surface area contributed by atoms with Gasteiger partial charge in [-0.15, -0.1) is 0 Å². The third-order valence-corrected chi connectivity index (χ3v) is 2.24. The predicted octanol–water partition coefficient (Wildman–Crippen LogP) is -1.25. The highest BCUT2D eigenvalue weighted by atomic mass is 127. The Morgan fingerprint density at radius 1 is 1.00 bits per heavy atom. The SMILES string of the molecule is C[n+]1cccc(C(=O)c2ccccc2)c1.[I-]. The molecule has 82 valence electrons. The topological polar surface area (TPSA) is 20.9 Å². The van der Waals surface area contributed by atoms with Gasteiger partial charge in [0.05, 0.1) is 5.56 Å². The first kappa shape index (κ1) is 12.8. The Hall–Kier alpha value is -1.23. The fourth-order valence-electron chi connectivity index (χ4n) is 1.48. The number of rotatable bonds is 2. The second kappa shape index (κ2) is 5.75. The van der Waals surface area contributed by atoms with Gasteiger partial charge in [-0.25, -0.2) is 4.57 Å². The summed E-state index contributed by atoms with van der Waals surface area (Å²) >= 11 is 0. The van der Waals surface area contributed by atoms with Crippen LogP contribution in [0.25, 0.3) is 0 Å². The number of hydrogen-bond donors (Lipinski definition) is 0. The zero-order chi connectivity index (χ0) is 10.7. The van der Waals surface area contributed by atoms with E-state index in [1.54, 1.807) is 0 Å². The molecule has 3 heteroatoms. The summed E-state index contributed by atoms with van der Waals surface area (Å²) in [6, 6.07) is 13.0. The number of ketones is 1. The lowest BCUT2D eigenvalue weighted by Crippen LogP contribution is -3.00. The predicted molar refractivity (Wildman–Crippen MR) is 57.5 cm³/mol. The van der Waals surface area contributed by atoms with Crippen molar-refractivity contribution in [3.8, 4) is 0 Å². The summed E-state index contributed by atoms with van der Waals surface area (Å²) in [6.45, 7) is 0. The van der Waals surface area contributed by atoms with Gasteiger partial charge in [-0.2, -0.15) is 0 Å². The minimum Gasteiger partial charge on any atom is -1.00 e. The Labute approximate surface area is 112 Å². The standard InChI is InChI=1S/C13H12NO.HI/c1-14-9-5-8-12(10-14)13(15)11-6-3-2-4-7-11;/h2-10H,1H3;1H/q+1;/p-1. The van der Waals surface area contributed by atoms with E-state index in [1.165, 1.54) is 0 Å². The summed E-state index contributed by atoms with van der Waals surface area (Å²) in [7, 11) is 1.90. The molecule has 0 aliphatic carbocycles. The summed E-state index contributed by atoms with van der Waals surface area (Å²) in [5.74, 6) is 0.0619. The molecule has 0 fully saturated rings. The van der Waals surface area contributed by atoms with Crippen molar-refractivity contribution in [2.45, 2.75) is 0 Å². The molecule has 0 amide bonds. The average molecular weight is 325 g/mol. The van der Waals surface area contributed by atoms with Gasteiger partial charge in [-0.1, -0.05) is 30.3 Å².